The Morgan fingerprint density at radius 3 is 2.71 bits per heavy atom. The lowest BCUT2D eigenvalue weighted by Crippen LogP contribution is -1.95. The number of ether oxygens (including phenoxy) is 1. The Morgan fingerprint density at radius 1 is 1.47 bits per heavy atom. The molecule has 1 aromatic carbocycles. The van der Waals surface area contributed by atoms with Crippen LogP contribution in [-0.4, -0.2) is 12.3 Å². The summed E-state index contributed by atoms with van der Waals surface area (Å²) < 4.78 is 24.2. The zero-order valence-corrected chi connectivity index (χ0v) is 10.8. The zero-order valence-electron chi connectivity index (χ0n) is 9.25. The molecule has 4 nitrogen and oxygen atoms in total. The molecule has 90 valence electrons. The summed E-state index contributed by atoms with van der Waals surface area (Å²) in [6.07, 6.45) is 0. The third-order valence-electron chi connectivity index (χ3n) is 2.39. The molecule has 0 saturated heterocycles. The third kappa shape index (κ3) is 2.00. The number of nitrogens with two attached hydrogens (primary N) is 1. The second-order valence-electron chi connectivity index (χ2n) is 3.49. The molecular formula is C11H10BrFN2O2. The Bertz CT molecular complexity index is 569. The SMILES string of the molecule is COc1c(-c2cc(N)no2)cc(Br)c(F)c1C. The van der Waals surface area contributed by atoms with Gasteiger partial charge in [-0.3, -0.25) is 0 Å². The Hall–Kier alpha value is -1.56. The summed E-state index contributed by atoms with van der Waals surface area (Å²) in [5, 5.41) is 3.59. The number of anilines is 1. The van der Waals surface area contributed by atoms with Crippen molar-refractivity contribution in [1.29, 1.82) is 0 Å². The minimum atomic E-state index is -0.363. The Morgan fingerprint density at radius 2 is 2.18 bits per heavy atom. The first kappa shape index (κ1) is 11.9. The van der Waals surface area contributed by atoms with Gasteiger partial charge in [-0.25, -0.2) is 4.39 Å². The highest BCUT2D eigenvalue weighted by atomic mass is 79.9. The lowest BCUT2D eigenvalue weighted by molar-refractivity contribution is 0.400. The molecule has 0 aliphatic rings. The van der Waals surface area contributed by atoms with Gasteiger partial charge in [-0.1, -0.05) is 5.16 Å². The smallest absolute Gasteiger partial charge is 0.172 e. The quantitative estimate of drug-likeness (QED) is 0.925. The van der Waals surface area contributed by atoms with Gasteiger partial charge >= 0.3 is 0 Å². The van der Waals surface area contributed by atoms with Crippen molar-refractivity contribution < 1.29 is 13.7 Å². The van der Waals surface area contributed by atoms with Crippen LogP contribution in [0.3, 0.4) is 0 Å². The molecule has 0 amide bonds. The molecule has 0 radical (unpaired) electrons. The number of hydrogen-bond donors (Lipinski definition) is 1. The van der Waals surface area contributed by atoms with Crippen molar-refractivity contribution in [2.75, 3.05) is 12.8 Å². The summed E-state index contributed by atoms with van der Waals surface area (Å²) in [5.41, 5.74) is 6.48. The fraction of sp³-hybridized carbons (Fsp3) is 0.182. The van der Waals surface area contributed by atoms with Gasteiger partial charge in [-0.2, -0.15) is 0 Å². The van der Waals surface area contributed by atoms with Crippen molar-refractivity contribution in [2.45, 2.75) is 6.92 Å². The first-order valence-corrected chi connectivity index (χ1v) is 5.59. The molecule has 1 aromatic heterocycles. The molecule has 1 heterocycles. The Kier molecular flexibility index (Phi) is 3.06. The van der Waals surface area contributed by atoms with E-state index in [0.717, 1.165) is 0 Å². The molecule has 0 atom stereocenters. The van der Waals surface area contributed by atoms with E-state index in [0.29, 0.717) is 27.1 Å². The first-order chi connectivity index (χ1) is 8.04. The van der Waals surface area contributed by atoms with E-state index in [1.165, 1.54) is 7.11 Å². The van der Waals surface area contributed by atoms with E-state index < -0.39 is 0 Å². The zero-order chi connectivity index (χ0) is 12.6. The number of halogens is 2. The molecular weight excluding hydrogens is 291 g/mol. The van der Waals surface area contributed by atoms with Crippen LogP contribution in [-0.2, 0) is 0 Å². The highest BCUT2D eigenvalue weighted by Gasteiger charge is 2.18. The van der Waals surface area contributed by atoms with Crippen LogP contribution in [0.2, 0.25) is 0 Å². The van der Waals surface area contributed by atoms with Crippen LogP contribution in [0.1, 0.15) is 5.56 Å². The van der Waals surface area contributed by atoms with Crippen LogP contribution < -0.4 is 10.5 Å². The molecule has 2 aromatic rings. The highest BCUT2D eigenvalue weighted by Crippen LogP contribution is 2.38. The summed E-state index contributed by atoms with van der Waals surface area (Å²) in [6, 6.07) is 3.13. The summed E-state index contributed by atoms with van der Waals surface area (Å²) in [7, 11) is 1.47. The molecule has 0 fully saturated rings. The van der Waals surface area contributed by atoms with Gasteiger partial charge in [0.15, 0.2) is 11.6 Å². The average molecular weight is 301 g/mol. The number of aromatic nitrogens is 1. The minimum absolute atomic E-state index is 0.264. The molecule has 0 spiro atoms. The monoisotopic (exact) mass is 300 g/mol. The number of methoxy groups -OCH3 is 1. The maximum Gasteiger partial charge on any atom is 0.172 e. The summed E-state index contributed by atoms with van der Waals surface area (Å²) >= 11 is 3.14. The maximum absolute atomic E-state index is 13.7. The summed E-state index contributed by atoms with van der Waals surface area (Å²) in [6.45, 7) is 1.63. The molecule has 2 rings (SSSR count). The van der Waals surface area contributed by atoms with Crippen molar-refractivity contribution in [3.63, 3.8) is 0 Å². The van der Waals surface area contributed by atoms with E-state index in [4.69, 9.17) is 15.0 Å². The van der Waals surface area contributed by atoms with Gasteiger partial charge in [-0.05, 0) is 28.9 Å². The number of nitrogen functional groups attached to an aromatic ring is 1. The largest absolute Gasteiger partial charge is 0.496 e. The highest BCUT2D eigenvalue weighted by molar-refractivity contribution is 9.10. The van der Waals surface area contributed by atoms with Gasteiger partial charge in [-0.15, -0.1) is 0 Å². The number of rotatable bonds is 2. The lowest BCUT2D eigenvalue weighted by Gasteiger charge is -2.11. The molecule has 0 saturated carbocycles. The van der Waals surface area contributed by atoms with Gasteiger partial charge in [0.05, 0.1) is 17.1 Å². The summed E-state index contributed by atoms with van der Waals surface area (Å²) in [4.78, 5) is 0. The topological polar surface area (TPSA) is 61.3 Å². The van der Waals surface area contributed by atoms with Crippen molar-refractivity contribution in [3.05, 3.63) is 28.0 Å². The van der Waals surface area contributed by atoms with E-state index in [-0.39, 0.29) is 11.6 Å². The Labute approximate surface area is 106 Å². The van der Waals surface area contributed by atoms with Crippen LogP contribution in [0.5, 0.6) is 5.75 Å². The van der Waals surface area contributed by atoms with Crippen molar-refractivity contribution >= 4 is 21.7 Å². The van der Waals surface area contributed by atoms with E-state index in [2.05, 4.69) is 21.1 Å². The Balaban J connectivity index is 2.69. The van der Waals surface area contributed by atoms with Crippen LogP contribution >= 0.6 is 15.9 Å². The van der Waals surface area contributed by atoms with Crippen LogP contribution in [0, 0.1) is 12.7 Å². The fourth-order valence-corrected chi connectivity index (χ4v) is 2.12. The normalized spacial score (nSPS) is 10.6. The number of nitrogens with zero attached hydrogens (tertiary/aromatic N) is 1. The molecule has 0 unspecified atom stereocenters. The van der Waals surface area contributed by atoms with Crippen molar-refractivity contribution in [2.24, 2.45) is 0 Å². The van der Waals surface area contributed by atoms with E-state index >= 15 is 0 Å². The third-order valence-corrected chi connectivity index (χ3v) is 2.97. The van der Waals surface area contributed by atoms with E-state index in [1.54, 1.807) is 19.1 Å². The van der Waals surface area contributed by atoms with Crippen LogP contribution in [0.15, 0.2) is 21.1 Å². The summed E-state index contributed by atoms with van der Waals surface area (Å²) in [5.74, 6) is 0.739. The molecule has 0 aliphatic carbocycles. The minimum Gasteiger partial charge on any atom is -0.496 e. The second-order valence-corrected chi connectivity index (χ2v) is 4.35. The predicted molar refractivity (Wildman–Crippen MR) is 65.3 cm³/mol. The van der Waals surface area contributed by atoms with Crippen molar-refractivity contribution in [1.82, 2.24) is 5.16 Å². The molecule has 17 heavy (non-hydrogen) atoms. The fourth-order valence-electron chi connectivity index (χ4n) is 1.60. The van der Waals surface area contributed by atoms with Gasteiger partial charge in [0.1, 0.15) is 11.6 Å². The van der Waals surface area contributed by atoms with Gasteiger partial charge < -0.3 is 15.0 Å². The number of benzene rings is 1. The van der Waals surface area contributed by atoms with E-state index in [1.807, 2.05) is 0 Å². The second kappa shape index (κ2) is 4.37. The first-order valence-electron chi connectivity index (χ1n) is 4.79. The van der Waals surface area contributed by atoms with Gasteiger partial charge in [0, 0.05) is 11.6 Å². The lowest BCUT2D eigenvalue weighted by atomic mass is 10.1. The van der Waals surface area contributed by atoms with Crippen LogP contribution in [0.25, 0.3) is 11.3 Å². The molecule has 0 bridgehead atoms. The van der Waals surface area contributed by atoms with Gasteiger partial charge in [0.2, 0.25) is 0 Å². The maximum atomic E-state index is 13.7. The molecule has 2 N–H and O–H groups in total. The molecule has 6 heteroatoms. The van der Waals surface area contributed by atoms with Crippen LogP contribution in [0.4, 0.5) is 10.2 Å². The predicted octanol–water partition coefficient (Wildman–Crippen LogP) is 3.14. The van der Waals surface area contributed by atoms with E-state index in [9.17, 15) is 4.39 Å². The van der Waals surface area contributed by atoms with Crippen molar-refractivity contribution in [3.8, 4) is 17.1 Å². The standard InChI is InChI=1S/C11H10BrFN2O2/c1-5-10(13)7(12)3-6(11(5)16-2)8-4-9(14)15-17-8/h3-4H,1-2H3,(H2,14,15). The van der Waals surface area contributed by atoms with Gasteiger partial charge in [0.25, 0.3) is 0 Å². The average Bonchev–Trinajstić information content (AvgIpc) is 2.72. The molecule has 0 aliphatic heterocycles. The number of hydrogen-bond acceptors (Lipinski definition) is 4.